The predicted molar refractivity (Wildman–Crippen MR) is 73.1 cm³/mol. The van der Waals surface area contributed by atoms with Gasteiger partial charge < -0.3 is 4.74 Å². The van der Waals surface area contributed by atoms with Crippen molar-refractivity contribution in [1.82, 2.24) is 4.90 Å². The lowest BCUT2D eigenvalue weighted by Gasteiger charge is -2.24. The molecule has 0 saturated carbocycles. The molecule has 1 rings (SSSR count). The summed E-state index contributed by atoms with van der Waals surface area (Å²) in [5.41, 5.74) is 1.06. The summed E-state index contributed by atoms with van der Waals surface area (Å²) < 4.78 is 18.4. The van der Waals surface area contributed by atoms with Crippen molar-refractivity contribution in [1.29, 1.82) is 5.26 Å². The quantitative estimate of drug-likeness (QED) is 0.759. The molecule has 104 valence electrons. The highest BCUT2D eigenvalue weighted by Crippen LogP contribution is 2.12. The fourth-order valence-corrected chi connectivity index (χ4v) is 1.99. The minimum absolute atomic E-state index is 0.105. The van der Waals surface area contributed by atoms with Gasteiger partial charge in [0, 0.05) is 26.7 Å². The maximum atomic E-state index is 13.3. The van der Waals surface area contributed by atoms with Crippen LogP contribution in [0.4, 0.5) is 4.39 Å². The topological polar surface area (TPSA) is 36.3 Å². The number of ether oxygens (including phenoxy) is 1. The van der Waals surface area contributed by atoms with Crippen LogP contribution in [0.25, 0.3) is 0 Å². The van der Waals surface area contributed by atoms with E-state index in [0.717, 1.165) is 18.7 Å². The van der Waals surface area contributed by atoms with Gasteiger partial charge in [-0.25, -0.2) is 4.39 Å². The molecule has 0 radical (unpaired) electrons. The molecule has 0 heterocycles. The van der Waals surface area contributed by atoms with E-state index in [1.54, 1.807) is 19.2 Å². The van der Waals surface area contributed by atoms with E-state index < -0.39 is 5.82 Å². The molecular weight excluding hydrogens is 243 g/mol. The molecule has 0 unspecified atom stereocenters. The molecule has 0 spiro atoms. The minimum Gasteiger partial charge on any atom is -0.383 e. The standard InChI is InChI=1S/C15H21FN2O/c1-12(2)10-18(6-7-19-3)11-13-4-5-15(16)14(8-13)9-17/h4-5,8,12H,6-7,10-11H2,1-3H3. The lowest BCUT2D eigenvalue weighted by atomic mass is 10.1. The third-order valence-corrected chi connectivity index (χ3v) is 2.79. The number of hydrogen-bond donors (Lipinski definition) is 0. The van der Waals surface area contributed by atoms with Gasteiger partial charge in [-0.1, -0.05) is 19.9 Å². The van der Waals surface area contributed by atoms with Crippen LogP contribution < -0.4 is 0 Å². The Kier molecular flexibility index (Phi) is 6.48. The van der Waals surface area contributed by atoms with Gasteiger partial charge in [-0.2, -0.15) is 5.26 Å². The molecule has 4 heteroatoms. The zero-order chi connectivity index (χ0) is 14.3. The van der Waals surface area contributed by atoms with Crippen LogP contribution in [0.15, 0.2) is 18.2 Å². The van der Waals surface area contributed by atoms with Gasteiger partial charge in [0.25, 0.3) is 0 Å². The molecule has 0 amide bonds. The number of rotatable bonds is 7. The van der Waals surface area contributed by atoms with Crippen LogP contribution >= 0.6 is 0 Å². The Morgan fingerprint density at radius 2 is 2.16 bits per heavy atom. The molecule has 0 bridgehead atoms. The maximum Gasteiger partial charge on any atom is 0.140 e. The van der Waals surface area contributed by atoms with E-state index in [4.69, 9.17) is 10.00 Å². The Balaban J connectivity index is 2.75. The Labute approximate surface area is 114 Å². The van der Waals surface area contributed by atoms with E-state index in [-0.39, 0.29) is 5.56 Å². The summed E-state index contributed by atoms with van der Waals surface area (Å²) in [6.45, 7) is 7.46. The molecule has 0 fully saturated rings. The number of methoxy groups -OCH3 is 1. The number of nitrogens with zero attached hydrogens (tertiary/aromatic N) is 2. The molecule has 0 aliphatic rings. The largest absolute Gasteiger partial charge is 0.383 e. The molecule has 0 N–H and O–H groups in total. The zero-order valence-corrected chi connectivity index (χ0v) is 11.8. The first-order valence-electron chi connectivity index (χ1n) is 6.46. The smallest absolute Gasteiger partial charge is 0.140 e. The van der Waals surface area contributed by atoms with Gasteiger partial charge in [0.15, 0.2) is 0 Å². The minimum atomic E-state index is -0.460. The molecule has 0 aromatic heterocycles. The first-order chi connectivity index (χ1) is 9.06. The zero-order valence-electron chi connectivity index (χ0n) is 11.8. The van der Waals surface area contributed by atoms with Crippen LogP contribution in [0.5, 0.6) is 0 Å². The second kappa shape index (κ2) is 7.88. The third-order valence-electron chi connectivity index (χ3n) is 2.79. The molecule has 3 nitrogen and oxygen atoms in total. The van der Waals surface area contributed by atoms with Crippen LogP contribution in [-0.2, 0) is 11.3 Å². The van der Waals surface area contributed by atoms with Crippen LogP contribution in [0.1, 0.15) is 25.0 Å². The van der Waals surface area contributed by atoms with Crippen molar-refractivity contribution in [3.05, 3.63) is 35.1 Å². The highest BCUT2D eigenvalue weighted by atomic mass is 19.1. The van der Waals surface area contributed by atoms with Crippen molar-refractivity contribution in [3.63, 3.8) is 0 Å². The van der Waals surface area contributed by atoms with Crippen molar-refractivity contribution >= 4 is 0 Å². The van der Waals surface area contributed by atoms with Gasteiger partial charge in [-0.3, -0.25) is 4.90 Å². The predicted octanol–water partition coefficient (Wildman–Crippen LogP) is 2.80. The van der Waals surface area contributed by atoms with E-state index in [2.05, 4.69) is 18.7 Å². The Morgan fingerprint density at radius 3 is 2.74 bits per heavy atom. The lowest BCUT2D eigenvalue weighted by molar-refractivity contribution is 0.136. The van der Waals surface area contributed by atoms with Gasteiger partial charge in [0.2, 0.25) is 0 Å². The van der Waals surface area contributed by atoms with Crippen LogP contribution in [-0.4, -0.2) is 31.7 Å². The normalized spacial score (nSPS) is 11.0. The molecule has 19 heavy (non-hydrogen) atoms. The van der Waals surface area contributed by atoms with Crippen LogP contribution in [0.2, 0.25) is 0 Å². The average Bonchev–Trinajstić information content (AvgIpc) is 2.37. The number of nitriles is 1. The molecule has 0 saturated heterocycles. The highest BCUT2D eigenvalue weighted by molar-refractivity contribution is 5.34. The van der Waals surface area contributed by atoms with E-state index in [0.29, 0.717) is 19.1 Å². The van der Waals surface area contributed by atoms with Crippen molar-refractivity contribution in [2.45, 2.75) is 20.4 Å². The molecule has 0 atom stereocenters. The van der Waals surface area contributed by atoms with Gasteiger partial charge in [-0.15, -0.1) is 0 Å². The van der Waals surface area contributed by atoms with Crippen molar-refractivity contribution < 1.29 is 9.13 Å². The van der Waals surface area contributed by atoms with Crippen molar-refractivity contribution in [2.75, 3.05) is 26.8 Å². The van der Waals surface area contributed by atoms with Gasteiger partial charge in [0.05, 0.1) is 12.2 Å². The summed E-state index contributed by atoms with van der Waals surface area (Å²) in [7, 11) is 1.68. The summed E-state index contributed by atoms with van der Waals surface area (Å²) in [5, 5.41) is 8.84. The molecule has 1 aromatic rings. The summed E-state index contributed by atoms with van der Waals surface area (Å²) in [6.07, 6.45) is 0. The van der Waals surface area contributed by atoms with Crippen molar-refractivity contribution in [3.8, 4) is 6.07 Å². The Morgan fingerprint density at radius 1 is 1.42 bits per heavy atom. The monoisotopic (exact) mass is 264 g/mol. The van der Waals surface area contributed by atoms with Gasteiger partial charge in [0.1, 0.15) is 11.9 Å². The highest BCUT2D eigenvalue weighted by Gasteiger charge is 2.10. The van der Waals surface area contributed by atoms with Crippen molar-refractivity contribution in [2.24, 2.45) is 5.92 Å². The number of benzene rings is 1. The van der Waals surface area contributed by atoms with E-state index in [1.165, 1.54) is 6.07 Å². The van der Waals surface area contributed by atoms with Gasteiger partial charge in [-0.05, 0) is 23.6 Å². The third kappa shape index (κ3) is 5.37. The summed E-state index contributed by atoms with van der Waals surface area (Å²) >= 11 is 0. The summed E-state index contributed by atoms with van der Waals surface area (Å²) in [6, 6.07) is 6.59. The molecule has 1 aromatic carbocycles. The van der Waals surface area contributed by atoms with E-state index in [1.807, 2.05) is 6.07 Å². The first-order valence-corrected chi connectivity index (χ1v) is 6.46. The summed E-state index contributed by atoms with van der Waals surface area (Å²) in [4.78, 5) is 2.25. The second-order valence-electron chi connectivity index (χ2n) is 5.05. The lowest BCUT2D eigenvalue weighted by Crippen LogP contribution is -2.30. The summed E-state index contributed by atoms with van der Waals surface area (Å²) in [5.74, 6) is 0.0892. The first kappa shape index (κ1) is 15.6. The SMILES string of the molecule is COCCN(Cc1ccc(F)c(C#N)c1)CC(C)C. The molecule has 0 aliphatic heterocycles. The number of hydrogen-bond acceptors (Lipinski definition) is 3. The van der Waals surface area contributed by atoms with E-state index >= 15 is 0 Å². The fraction of sp³-hybridized carbons (Fsp3) is 0.533. The van der Waals surface area contributed by atoms with Crippen LogP contribution in [0.3, 0.4) is 0 Å². The van der Waals surface area contributed by atoms with E-state index in [9.17, 15) is 4.39 Å². The number of halogens is 1. The molecule has 0 aliphatic carbocycles. The Bertz CT molecular complexity index is 440. The fourth-order valence-electron chi connectivity index (χ4n) is 1.99. The van der Waals surface area contributed by atoms with Gasteiger partial charge >= 0.3 is 0 Å². The average molecular weight is 264 g/mol. The van der Waals surface area contributed by atoms with Crippen LogP contribution in [0, 0.1) is 23.1 Å². The second-order valence-corrected chi connectivity index (χ2v) is 5.05. The molecular formula is C15H21FN2O. The Hall–Kier alpha value is -1.44. The maximum absolute atomic E-state index is 13.3.